The molecule has 0 bridgehead atoms. The second-order valence-corrected chi connectivity index (χ2v) is 5.22. The second-order valence-electron chi connectivity index (χ2n) is 4.81. The molecule has 0 radical (unpaired) electrons. The van der Waals surface area contributed by atoms with Crippen molar-refractivity contribution in [1.82, 2.24) is 10.3 Å². The number of rotatable bonds is 1. The van der Waals surface area contributed by atoms with E-state index in [2.05, 4.69) is 22.1 Å². The quantitative estimate of drug-likeness (QED) is 0.861. The molecule has 1 saturated heterocycles. The van der Waals surface area contributed by atoms with Crippen molar-refractivity contribution in [2.45, 2.75) is 19.9 Å². The average molecular weight is 266 g/mol. The molecule has 18 heavy (non-hydrogen) atoms. The van der Waals surface area contributed by atoms with Crippen LogP contribution in [0.2, 0.25) is 5.02 Å². The molecule has 0 amide bonds. The fourth-order valence-electron chi connectivity index (χ4n) is 2.29. The monoisotopic (exact) mass is 265 g/mol. The highest BCUT2D eigenvalue weighted by Crippen LogP contribution is 2.28. The molecule has 0 unspecified atom stereocenters. The number of aromatic nitrogens is 1. The van der Waals surface area contributed by atoms with Gasteiger partial charge in [0.2, 0.25) is 0 Å². The van der Waals surface area contributed by atoms with E-state index in [1.165, 1.54) is 0 Å². The first-order valence-electron chi connectivity index (χ1n) is 6.19. The molecular weight excluding hydrogens is 250 g/mol. The van der Waals surface area contributed by atoms with Gasteiger partial charge in [0.1, 0.15) is 5.52 Å². The summed E-state index contributed by atoms with van der Waals surface area (Å²) in [6, 6.07) is 4.90. The van der Waals surface area contributed by atoms with Gasteiger partial charge in [0.15, 0.2) is 5.58 Å². The van der Waals surface area contributed by atoms with Crippen molar-refractivity contribution in [1.29, 1.82) is 0 Å². The molecule has 1 aromatic carbocycles. The number of piperazine rings is 1. The number of anilines is 1. The maximum atomic E-state index is 6.11. The number of nitrogens with zero attached hydrogens (tertiary/aromatic N) is 2. The Morgan fingerprint density at radius 2 is 2.33 bits per heavy atom. The molecule has 5 heteroatoms. The predicted octanol–water partition coefficient (Wildman–Crippen LogP) is 2.59. The van der Waals surface area contributed by atoms with E-state index >= 15 is 0 Å². The normalized spacial score (nSPS) is 20.6. The molecule has 2 aromatic rings. The Labute approximate surface area is 111 Å². The molecule has 1 fully saturated rings. The third-order valence-corrected chi connectivity index (χ3v) is 3.81. The molecule has 3 rings (SSSR count). The molecule has 1 N–H and O–H groups in total. The van der Waals surface area contributed by atoms with Gasteiger partial charge in [-0.25, -0.2) is 0 Å². The summed E-state index contributed by atoms with van der Waals surface area (Å²) in [6.45, 7) is 6.97. The second kappa shape index (κ2) is 4.44. The SMILES string of the molecule is Cc1cc2oc(N3CCNC[C@@H]3C)nc2cc1Cl. The Morgan fingerprint density at radius 1 is 1.50 bits per heavy atom. The van der Waals surface area contributed by atoms with Crippen molar-refractivity contribution < 1.29 is 4.42 Å². The van der Waals surface area contributed by atoms with Gasteiger partial charge < -0.3 is 14.6 Å². The van der Waals surface area contributed by atoms with Crippen molar-refractivity contribution in [2.75, 3.05) is 24.5 Å². The van der Waals surface area contributed by atoms with Crippen LogP contribution in [0.1, 0.15) is 12.5 Å². The lowest BCUT2D eigenvalue weighted by molar-refractivity contribution is 0.456. The fourth-order valence-corrected chi connectivity index (χ4v) is 2.44. The summed E-state index contributed by atoms with van der Waals surface area (Å²) >= 11 is 6.11. The maximum Gasteiger partial charge on any atom is 0.298 e. The molecule has 1 aliphatic rings. The van der Waals surface area contributed by atoms with Gasteiger partial charge in [0.25, 0.3) is 6.01 Å². The van der Waals surface area contributed by atoms with Gasteiger partial charge in [-0.05, 0) is 31.5 Å². The third kappa shape index (κ3) is 1.95. The van der Waals surface area contributed by atoms with Crippen LogP contribution in [0.15, 0.2) is 16.5 Å². The highest BCUT2D eigenvalue weighted by atomic mass is 35.5. The van der Waals surface area contributed by atoms with Gasteiger partial charge in [-0.1, -0.05) is 11.6 Å². The predicted molar refractivity (Wildman–Crippen MR) is 73.4 cm³/mol. The highest BCUT2D eigenvalue weighted by Gasteiger charge is 2.22. The minimum atomic E-state index is 0.392. The van der Waals surface area contributed by atoms with Crippen LogP contribution in [0.5, 0.6) is 0 Å². The lowest BCUT2D eigenvalue weighted by Gasteiger charge is -2.32. The molecule has 1 aliphatic heterocycles. The zero-order chi connectivity index (χ0) is 12.7. The van der Waals surface area contributed by atoms with Crippen LogP contribution in [0, 0.1) is 6.92 Å². The summed E-state index contributed by atoms with van der Waals surface area (Å²) in [7, 11) is 0. The molecule has 0 saturated carbocycles. The van der Waals surface area contributed by atoms with E-state index < -0.39 is 0 Å². The zero-order valence-corrected chi connectivity index (χ0v) is 11.3. The summed E-state index contributed by atoms with van der Waals surface area (Å²) in [5, 5.41) is 4.09. The minimum Gasteiger partial charge on any atom is -0.423 e. The van der Waals surface area contributed by atoms with Crippen LogP contribution < -0.4 is 10.2 Å². The summed E-state index contributed by atoms with van der Waals surface area (Å²) in [4.78, 5) is 6.73. The fraction of sp³-hybridized carbons (Fsp3) is 0.462. The Hall–Kier alpha value is -1.26. The van der Waals surface area contributed by atoms with Gasteiger partial charge in [0.05, 0.1) is 0 Å². The number of nitrogens with one attached hydrogen (secondary N) is 1. The summed E-state index contributed by atoms with van der Waals surface area (Å²) in [5.74, 6) is 0. The van der Waals surface area contributed by atoms with Crippen LogP contribution in [-0.2, 0) is 0 Å². The van der Waals surface area contributed by atoms with E-state index in [1.807, 2.05) is 19.1 Å². The van der Waals surface area contributed by atoms with E-state index in [-0.39, 0.29) is 0 Å². The van der Waals surface area contributed by atoms with E-state index in [0.717, 1.165) is 41.3 Å². The Morgan fingerprint density at radius 3 is 3.11 bits per heavy atom. The van der Waals surface area contributed by atoms with Crippen LogP contribution >= 0.6 is 11.6 Å². The topological polar surface area (TPSA) is 41.3 Å². The minimum absolute atomic E-state index is 0.392. The van der Waals surface area contributed by atoms with Crippen molar-refractivity contribution in [3.63, 3.8) is 0 Å². The van der Waals surface area contributed by atoms with E-state index in [1.54, 1.807) is 0 Å². The van der Waals surface area contributed by atoms with Gasteiger partial charge in [-0.3, -0.25) is 0 Å². The highest BCUT2D eigenvalue weighted by molar-refractivity contribution is 6.32. The molecule has 2 heterocycles. The third-order valence-electron chi connectivity index (χ3n) is 3.40. The molecule has 1 aromatic heterocycles. The van der Waals surface area contributed by atoms with Crippen molar-refractivity contribution in [3.05, 3.63) is 22.7 Å². The largest absolute Gasteiger partial charge is 0.423 e. The number of aryl methyl sites for hydroxylation is 1. The molecule has 0 aliphatic carbocycles. The first kappa shape index (κ1) is 11.8. The molecular formula is C13H16ClN3O. The van der Waals surface area contributed by atoms with Crippen molar-refractivity contribution >= 4 is 28.7 Å². The van der Waals surface area contributed by atoms with Crippen LogP contribution in [-0.4, -0.2) is 30.7 Å². The Balaban J connectivity index is 2.02. The van der Waals surface area contributed by atoms with E-state index in [4.69, 9.17) is 16.0 Å². The summed E-state index contributed by atoms with van der Waals surface area (Å²) in [5.41, 5.74) is 2.64. The molecule has 1 atom stereocenters. The number of hydrogen-bond donors (Lipinski definition) is 1. The number of benzene rings is 1. The van der Waals surface area contributed by atoms with Crippen LogP contribution in [0.25, 0.3) is 11.1 Å². The first-order chi connectivity index (χ1) is 8.65. The van der Waals surface area contributed by atoms with Crippen LogP contribution in [0.3, 0.4) is 0 Å². The van der Waals surface area contributed by atoms with Crippen LogP contribution in [0.4, 0.5) is 6.01 Å². The molecule has 0 spiro atoms. The lowest BCUT2D eigenvalue weighted by atomic mass is 10.2. The maximum absolute atomic E-state index is 6.11. The van der Waals surface area contributed by atoms with Gasteiger partial charge in [0, 0.05) is 30.7 Å². The molecule has 4 nitrogen and oxygen atoms in total. The van der Waals surface area contributed by atoms with E-state index in [9.17, 15) is 0 Å². The summed E-state index contributed by atoms with van der Waals surface area (Å²) < 4.78 is 5.84. The van der Waals surface area contributed by atoms with Gasteiger partial charge in [-0.15, -0.1) is 0 Å². The van der Waals surface area contributed by atoms with Crippen molar-refractivity contribution in [3.8, 4) is 0 Å². The van der Waals surface area contributed by atoms with Crippen molar-refractivity contribution in [2.24, 2.45) is 0 Å². The lowest BCUT2D eigenvalue weighted by Crippen LogP contribution is -2.50. The van der Waals surface area contributed by atoms with Gasteiger partial charge >= 0.3 is 0 Å². The smallest absolute Gasteiger partial charge is 0.298 e. The van der Waals surface area contributed by atoms with Gasteiger partial charge in [-0.2, -0.15) is 4.98 Å². The Bertz CT molecular complexity index is 542. The number of oxazole rings is 1. The average Bonchev–Trinajstić information content (AvgIpc) is 2.73. The Kier molecular flexibility index (Phi) is 2.92. The molecule has 96 valence electrons. The number of fused-ring (bicyclic) bond motifs is 1. The summed E-state index contributed by atoms with van der Waals surface area (Å²) in [6.07, 6.45) is 0. The van der Waals surface area contributed by atoms with E-state index in [0.29, 0.717) is 12.1 Å². The zero-order valence-electron chi connectivity index (χ0n) is 10.5. The number of hydrogen-bond acceptors (Lipinski definition) is 4. The standard InChI is InChI=1S/C13H16ClN3O/c1-8-5-12-11(6-10(8)14)16-13(18-12)17-4-3-15-7-9(17)2/h5-6,9,15H,3-4,7H2,1-2H3/t9-/m0/s1. The first-order valence-corrected chi connectivity index (χ1v) is 6.57. The number of halogens is 1.